The molecule has 8 unspecified atom stereocenters. The average molecular weight is 548 g/mol. The molecule has 6 rings (SSSR count). The lowest BCUT2D eigenvalue weighted by Gasteiger charge is -2.72. The maximum atomic E-state index is 12.1. The van der Waals surface area contributed by atoms with E-state index in [2.05, 4.69) is 25.1 Å². The fraction of sp³-hybridized carbons (Fsp3) is 0.833. The molecular weight excluding hydrogens is 502 g/mol. The number of piperidine rings is 1. The van der Waals surface area contributed by atoms with Crippen LogP contribution in [0, 0.1) is 45.3 Å². The van der Waals surface area contributed by atoms with Crippen LogP contribution in [0.25, 0.3) is 0 Å². The second kappa shape index (κ2) is 8.70. The number of carboxylic acids is 1. The molecule has 206 valence electrons. The van der Waals surface area contributed by atoms with Crippen LogP contribution >= 0.6 is 23.3 Å². The molecule has 0 bridgehead atoms. The highest BCUT2D eigenvalue weighted by Crippen LogP contribution is 2.76. The summed E-state index contributed by atoms with van der Waals surface area (Å²) < 4.78 is 2.08. The van der Waals surface area contributed by atoms with Gasteiger partial charge in [0.2, 0.25) is 0 Å². The van der Waals surface area contributed by atoms with E-state index in [4.69, 9.17) is 0 Å². The van der Waals surface area contributed by atoms with E-state index in [1.807, 2.05) is 18.4 Å². The van der Waals surface area contributed by atoms with Gasteiger partial charge in [-0.05, 0) is 128 Å². The molecule has 5 nitrogen and oxygen atoms in total. The number of carbonyl (C=O) groups is 1. The molecule has 0 radical (unpaired) electrons. The Bertz CT molecular complexity index is 1070. The largest absolute Gasteiger partial charge is 0.477 e. The van der Waals surface area contributed by atoms with Gasteiger partial charge in [0.1, 0.15) is 10.6 Å². The van der Waals surface area contributed by atoms with Gasteiger partial charge in [0.15, 0.2) is 0 Å². The third-order valence-electron chi connectivity index (χ3n) is 13.2. The zero-order valence-electron chi connectivity index (χ0n) is 23.0. The van der Waals surface area contributed by atoms with E-state index in [1.165, 1.54) is 68.2 Å². The van der Waals surface area contributed by atoms with Gasteiger partial charge in [-0.2, -0.15) is 0 Å². The molecule has 4 saturated carbocycles. The first kappa shape index (κ1) is 26.6. The van der Waals surface area contributed by atoms with Crippen molar-refractivity contribution in [2.24, 2.45) is 45.3 Å². The fourth-order valence-corrected chi connectivity index (χ4v) is 13.1. The van der Waals surface area contributed by atoms with Crippen LogP contribution in [0.15, 0.2) is 16.3 Å². The standard InChI is InChI=1S/C30H45NO4S2/c1-26-15-16-31(37-21-10-17-36-24(21)25(33)34)29(4,35)23(26)9-12-28(3)22(26)8-7-19-20-6-5-11-30(20,18-32)14-13-27(19,28)2/h10,17,19-20,22-23,32,35H,5-9,11-16,18H2,1-4H3,(H,33,34)/t19?,20?,22?,23?,26?,27-,28?,29?,30?/m1/s1. The van der Waals surface area contributed by atoms with Crippen molar-refractivity contribution >= 4 is 29.3 Å². The van der Waals surface area contributed by atoms with Crippen molar-refractivity contribution in [3.8, 4) is 0 Å². The molecular formula is C30H45NO4S2. The highest BCUT2D eigenvalue weighted by Gasteiger charge is 2.70. The number of rotatable bonds is 4. The van der Waals surface area contributed by atoms with Gasteiger partial charge in [-0.3, -0.25) is 0 Å². The van der Waals surface area contributed by atoms with Gasteiger partial charge in [0, 0.05) is 24.0 Å². The first-order chi connectivity index (χ1) is 17.4. The van der Waals surface area contributed by atoms with Gasteiger partial charge >= 0.3 is 5.97 Å². The highest BCUT2D eigenvalue weighted by molar-refractivity contribution is 7.97. The van der Waals surface area contributed by atoms with Crippen LogP contribution in [0.3, 0.4) is 0 Å². The van der Waals surface area contributed by atoms with Crippen molar-refractivity contribution in [1.29, 1.82) is 0 Å². The minimum atomic E-state index is -0.988. The molecule has 0 amide bonds. The number of carboxylic acid groups (broad SMARTS) is 1. The summed E-state index contributed by atoms with van der Waals surface area (Å²) in [6.07, 6.45) is 11.9. The molecule has 2 heterocycles. The second-order valence-electron chi connectivity index (χ2n) is 14.1. The number of aliphatic hydroxyl groups excluding tert-OH is 1. The number of hydrogen-bond donors (Lipinski definition) is 3. The Morgan fingerprint density at radius 3 is 2.51 bits per heavy atom. The lowest BCUT2D eigenvalue weighted by atomic mass is 9.34. The first-order valence-electron chi connectivity index (χ1n) is 14.5. The molecule has 7 heteroatoms. The topological polar surface area (TPSA) is 81.0 Å². The molecule has 0 aromatic carbocycles. The average Bonchev–Trinajstić information content (AvgIpc) is 3.49. The fourth-order valence-electron chi connectivity index (χ4n) is 11.1. The molecule has 1 saturated heterocycles. The number of nitrogens with zero attached hydrogens (tertiary/aromatic N) is 1. The predicted octanol–water partition coefficient (Wildman–Crippen LogP) is 6.90. The third kappa shape index (κ3) is 3.49. The summed E-state index contributed by atoms with van der Waals surface area (Å²) in [5.74, 6) is 1.24. The number of hydrogen-bond acceptors (Lipinski definition) is 6. The van der Waals surface area contributed by atoms with E-state index in [1.54, 1.807) is 0 Å². The van der Waals surface area contributed by atoms with Crippen molar-refractivity contribution in [3.05, 3.63) is 16.3 Å². The second-order valence-corrected chi connectivity index (χ2v) is 16.1. The van der Waals surface area contributed by atoms with Crippen molar-refractivity contribution in [3.63, 3.8) is 0 Å². The SMILES string of the molecule is CC12CCN(Sc3ccsc3C(=O)O)C(C)(O)C1CCC1(C)C2CCC2C3CCCC3(CO)CC[C@]21C. The van der Waals surface area contributed by atoms with E-state index in [0.29, 0.717) is 34.7 Å². The summed E-state index contributed by atoms with van der Waals surface area (Å²) in [5, 5.41) is 34.0. The van der Waals surface area contributed by atoms with Gasteiger partial charge in [0.05, 0.1) is 0 Å². The molecule has 5 aliphatic rings. The lowest BCUT2D eigenvalue weighted by Crippen LogP contribution is -2.69. The smallest absolute Gasteiger partial charge is 0.347 e. The van der Waals surface area contributed by atoms with Gasteiger partial charge in [-0.1, -0.05) is 27.2 Å². The summed E-state index contributed by atoms with van der Waals surface area (Å²) in [5.41, 5.74) is -0.203. The Morgan fingerprint density at radius 2 is 1.78 bits per heavy atom. The Labute approximate surface area is 230 Å². The summed E-state index contributed by atoms with van der Waals surface area (Å²) >= 11 is 2.69. The molecule has 1 aromatic rings. The van der Waals surface area contributed by atoms with Crippen LogP contribution in [0.5, 0.6) is 0 Å². The Kier molecular flexibility index (Phi) is 6.26. The number of aliphatic hydroxyl groups is 2. The van der Waals surface area contributed by atoms with Crippen LogP contribution in [-0.2, 0) is 0 Å². The maximum Gasteiger partial charge on any atom is 0.347 e. The van der Waals surface area contributed by atoms with Crippen molar-refractivity contribution in [1.82, 2.24) is 4.31 Å². The summed E-state index contributed by atoms with van der Waals surface area (Å²) in [4.78, 5) is 12.8. The summed E-state index contributed by atoms with van der Waals surface area (Å²) in [7, 11) is 0. The predicted molar refractivity (Wildman–Crippen MR) is 148 cm³/mol. The van der Waals surface area contributed by atoms with E-state index in [9.17, 15) is 20.1 Å². The molecule has 1 aromatic heterocycles. The van der Waals surface area contributed by atoms with Gasteiger partial charge in [0.25, 0.3) is 0 Å². The summed E-state index contributed by atoms with van der Waals surface area (Å²) in [6, 6.07) is 1.88. The van der Waals surface area contributed by atoms with E-state index in [0.717, 1.165) is 30.7 Å². The van der Waals surface area contributed by atoms with Crippen LogP contribution in [-0.4, -0.2) is 44.5 Å². The Balaban J connectivity index is 1.29. The number of thiophene rings is 1. The van der Waals surface area contributed by atoms with Gasteiger partial charge in [-0.25, -0.2) is 9.10 Å². The molecule has 3 N–H and O–H groups in total. The van der Waals surface area contributed by atoms with Crippen molar-refractivity contribution < 1.29 is 20.1 Å². The Hall–Kier alpha value is -0.600. The highest BCUT2D eigenvalue weighted by atomic mass is 32.2. The van der Waals surface area contributed by atoms with E-state index >= 15 is 0 Å². The lowest BCUT2D eigenvalue weighted by molar-refractivity contribution is -0.264. The normalized spacial score (nSPS) is 49.6. The zero-order valence-corrected chi connectivity index (χ0v) is 24.6. The van der Waals surface area contributed by atoms with Gasteiger partial charge in [-0.15, -0.1) is 11.3 Å². The Morgan fingerprint density at radius 1 is 1.00 bits per heavy atom. The van der Waals surface area contributed by atoms with Crippen LogP contribution < -0.4 is 0 Å². The van der Waals surface area contributed by atoms with Crippen LogP contribution in [0.1, 0.15) is 102 Å². The zero-order chi connectivity index (χ0) is 26.4. The van der Waals surface area contributed by atoms with E-state index < -0.39 is 11.7 Å². The first-order valence-corrected chi connectivity index (χ1v) is 16.2. The molecule has 0 spiro atoms. The number of fused-ring (bicyclic) bond motifs is 7. The van der Waals surface area contributed by atoms with Crippen LogP contribution in [0.4, 0.5) is 0 Å². The number of aromatic carboxylic acids is 1. The maximum absolute atomic E-state index is 12.1. The molecule has 4 aliphatic carbocycles. The van der Waals surface area contributed by atoms with Crippen LogP contribution in [0.2, 0.25) is 0 Å². The van der Waals surface area contributed by atoms with Crippen molar-refractivity contribution in [2.45, 2.75) is 103 Å². The molecule has 37 heavy (non-hydrogen) atoms. The third-order valence-corrected chi connectivity index (χ3v) is 15.5. The quantitative estimate of drug-likeness (QED) is 0.356. The molecule has 5 fully saturated rings. The molecule has 9 atom stereocenters. The van der Waals surface area contributed by atoms with E-state index in [-0.39, 0.29) is 22.2 Å². The monoisotopic (exact) mass is 547 g/mol. The minimum Gasteiger partial charge on any atom is -0.477 e. The molecule has 1 aliphatic heterocycles. The summed E-state index contributed by atoms with van der Waals surface area (Å²) in [6.45, 7) is 10.8. The van der Waals surface area contributed by atoms with Gasteiger partial charge < -0.3 is 15.3 Å². The van der Waals surface area contributed by atoms with Crippen molar-refractivity contribution in [2.75, 3.05) is 13.2 Å². The minimum absolute atomic E-state index is 0.0625.